The lowest BCUT2D eigenvalue weighted by molar-refractivity contribution is -0.150. The third-order valence-electron chi connectivity index (χ3n) is 8.35. The average Bonchev–Trinajstić information content (AvgIpc) is 2.83. The highest BCUT2D eigenvalue weighted by atomic mass is 32.2. The summed E-state index contributed by atoms with van der Waals surface area (Å²) >= 11 is 1.43. The van der Waals surface area contributed by atoms with Crippen molar-refractivity contribution in [1.29, 1.82) is 0 Å². The zero-order valence-electron chi connectivity index (χ0n) is 21.9. The summed E-state index contributed by atoms with van der Waals surface area (Å²) in [6, 6.07) is 4.28. The number of thioether (sulfide) groups is 1. The van der Waals surface area contributed by atoms with Gasteiger partial charge in [-0.25, -0.2) is 8.42 Å². The van der Waals surface area contributed by atoms with Crippen molar-refractivity contribution in [2.24, 2.45) is 28.9 Å². The van der Waals surface area contributed by atoms with Gasteiger partial charge in [0.05, 0.1) is 4.90 Å². The topological polar surface area (TPSA) is 165 Å². The lowest BCUT2D eigenvalue weighted by atomic mass is 9.47. The number of primary amides is 1. The van der Waals surface area contributed by atoms with Crippen molar-refractivity contribution in [3.8, 4) is 5.75 Å². The van der Waals surface area contributed by atoms with Gasteiger partial charge in [-0.2, -0.15) is 16.5 Å². The summed E-state index contributed by atoms with van der Waals surface area (Å²) in [6.45, 7) is 3.30. The zero-order valence-corrected chi connectivity index (χ0v) is 23.6. The normalized spacial score (nSPS) is 29.0. The van der Waals surface area contributed by atoms with E-state index in [0.29, 0.717) is 30.3 Å². The molecule has 4 aliphatic rings. The summed E-state index contributed by atoms with van der Waals surface area (Å²) in [6.07, 6.45) is 6.24. The summed E-state index contributed by atoms with van der Waals surface area (Å²) in [5.74, 6) is -0.00868. The van der Waals surface area contributed by atoms with Crippen LogP contribution >= 0.6 is 11.8 Å². The fourth-order valence-electron chi connectivity index (χ4n) is 6.64. The van der Waals surface area contributed by atoms with Crippen LogP contribution in [0.5, 0.6) is 5.75 Å². The Hall–Kier alpha value is -2.31. The Morgan fingerprint density at radius 3 is 2.29 bits per heavy atom. The zero-order chi connectivity index (χ0) is 27.9. The Bertz CT molecular complexity index is 1170. The van der Waals surface area contributed by atoms with E-state index in [0.717, 1.165) is 19.3 Å². The second kappa shape index (κ2) is 10.7. The number of carboxylic acids is 1. The maximum absolute atomic E-state index is 13.3. The molecule has 1 aromatic carbocycles. The Labute approximate surface area is 227 Å². The van der Waals surface area contributed by atoms with Crippen molar-refractivity contribution in [3.63, 3.8) is 0 Å². The highest BCUT2D eigenvalue weighted by molar-refractivity contribution is 7.98. The number of aliphatic carboxylic acids is 1. The number of amides is 2. The van der Waals surface area contributed by atoms with Crippen LogP contribution in [-0.4, -0.2) is 61.0 Å². The van der Waals surface area contributed by atoms with Crippen LogP contribution in [0, 0.1) is 23.2 Å². The third-order valence-corrected chi connectivity index (χ3v) is 10.5. The van der Waals surface area contributed by atoms with Crippen molar-refractivity contribution in [3.05, 3.63) is 24.3 Å². The minimum atomic E-state index is -4.06. The Morgan fingerprint density at radius 1 is 1.16 bits per heavy atom. The largest absolute Gasteiger partial charge is 0.480 e. The molecule has 0 heterocycles. The van der Waals surface area contributed by atoms with Crippen LogP contribution in [0.1, 0.15) is 52.4 Å². The Morgan fingerprint density at radius 2 is 1.76 bits per heavy atom. The molecule has 38 heavy (non-hydrogen) atoms. The summed E-state index contributed by atoms with van der Waals surface area (Å²) in [7, 11) is -4.06. The molecule has 0 aromatic heterocycles. The lowest BCUT2D eigenvalue weighted by Crippen LogP contribution is -2.63. The number of ether oxygens (including phenoxy) is 1. The predicted octanol–water partition coefficient (Wildman–Crippen LogP) is 2.13. The number of rotatable bonds is 12. The highest BCUT2D eigenvalue weighted by Crippen LogP contribution is 2.60. The molecule has 3 atom stereocenters. The van der Waals surface area contributed by atoms with Crippen LogP contribution in [0.25, 0.3) is 0 Å². The van der Waals surface area contributed by atoms with Gasteiger partial charge in [0.1, 0.15) is 11.8 Å². The first-order valence-corrected chi connectivity index (χ1v) is 15.8. The number of benzene rings is 1. The molecule has 2 amide bonds. The third kappa shape index (κ3) is 5.81. The maximum atomic E-state index is 13.3. The fourth-order valence-corrected chi connectivity index (χ4v) is 8.33. The van der Waals surface area contributed by atoms with Gasteiger partial charge in [0.15, 0.2) is 5.60 Å². The van der Waals surface area contributed by atoms with Crippen LogP contribution in [0.2, 0.25) is 0 Å². The van der Waals surface area contributed by atoms with Crippen molar-refractivity contribution in [2.75, 3.05) is 12.0 Å². The summed E-state index contributed by atoms with van der Waals surface area (Å²) in [5, 5.41) is 12.5. The predicted molar refractivity (Wildman–Crippen MR) is 143 cm³/mol. The van der Waals surface area contributed by atoms with E-state index >= 15 is 0 Å². The molecular formula is C26H37N3O7S2. The van der Waals surface area contributed by atoms with Crippen molar-refractivity contribution < 1.29 is 32.6 Å². The molecule has 12 heteroatoms. The molecule has 1 aromatic rings. The standard InChI is InChI=1S/C26H37N3O7S2/c1-25(2,24(33)28-21-16-10-15-11-17(21)14-26(12-15,13-16)23(27)32)36-18-4-6-19(7-5-18)38(34,35)29-20(22(30)31)8-9-37-3/h4-7,15-17,20-21,29H,8-14H2,1-3H3,(H2,27,32)(H,28,33)(H,30,31)/t15?,16?,17?,20-,21?,26?/m0/s1. The van der Waals surface area contributed by atoms with Gasteiger partial charge < -0.3 is 20.9 Å². The van der Waals surface area contributed by atoms with E-state index < -0.39 is 33.1 Å². The first-order chi connectivity index (χ1) is 17.8. The molecule has 10 nitrogen and oxygen atoms in total. The number of carbonyl (C=O) groups excluding carboxylic acids is 2. The SMILES string of the molecule is CSCC[C@H](NS(=O)(=O)c1ccc(OC(C)(C)C(=O)NC2C3CC4CC2CC(C(N)=O)(C4)C3)cc1)C(=O)O. The molecule has 0 aliphatic heterocycles. The molecule has 2 unspecified atom stereocenters. The number of carboxylic acid groups (broad SMARTS) is 1. The molecule has 5 rings (SSSR count). The minimum Gasteiger partial charge on any atom is -0.480 e. The highest BCUT2D eigenvalue weighted by Gasteiger charge is 2.58. The van der Waals surface area contributed by atoms with E-state index in [-0.39, 0.29) is 41.0 Å². The van der Waals surface area contributed by atoms with E-state index in [1.54, 1.807) is 13.8 Å². The maximum Gasteiger partial charge on any atom is 0.321 e. The molecule has 5 N–H and O–H groups in total. The molecular weight excluding hydrogens is 530 g/mol. The van der Waals surface area contributed by atoms with Gasteiger partial charge in [0.25, 0.3) is 5.91 Å². The number of nitrogens with one attached hydrogen (secondary N) is 2. The van der Waals surface area contributed by atoms with E-state index in [9.17, 15) is 27.9 Å². The first kappa shape index (κ1) is 28.7. The Kier molecular flexibility index (Phi) is 8.07. The molecule has 0 spiro atoms. The van der Waals surface area contributed by atoms with Gasteiger partial charge >= 0.3 is 5.97 Å². The molecule has 4 fully saturated rings. The summed E-state index contributed by atoms with van der Waals surface area (Å²) < 4.78 is 33.6. The number of nitrogens with two attached hydrogens (primary N) is 1. The number of carbonyl (C=O) groups is 3. The van der Waals surface area contributed by atoms with Gasteiger partial charge in [0.2, 0.25) is 15.9 Å². The van der Waals surface area contributed by atoms with Crippen LogP contribution in [-0.2, 0) is 24.4 Å². The summed E-state index contributed by atoms with van der Waals surface area (Å²) in [4.78, 5) is 36.8. The first-order valence-electron chi connectivity index (χ1n) is 12.9. The Balaban J connectivity index is 1.39. The van der Waals surface area contributed by atoms with E-state index in [1.807, 2.05) is 6.26 Å². The van der Waals surface area contributed by atoms with Crippen molar-refractivity contribution in [1.82, 2.24) is 10.0 Å². The van der Waals surface area contributed by atoms with Crippen molar-refractivity contribution in [2.45, 2.75) is 75.0 Å². The smallest absolute Gasteiger partial charge is 0.321 e. The van der Waals surface area contributed by atoms with Gasteiger partial charge in [-0.1, -0.05) is 0 Å². The number of hydrogen-bond donors (Lipinski definition) is 4. The molecule has 210 valence electrons. The molecule has 4 aliphatic carbocycles. The van der Waals surface area contributed by atoms with Crippen LogP contribution in [0.15, 0.2) is 29.2 Å². The average molecular weight is 568 g/mol. The van der Waals surface area contributed by atoms with Crippen LogP contribution in [0.3, 0.4) is 0 Å². The van der Waals surface area contributed by atoms with E-state index in [2.05, 4.69) is 10.0 Å². The lowest BCUT2D eigenvalue weighted by Gasteiger charge is -2.59. The fraction of sp³-hybridized carbons (Fsp3) is 0.654. The molecule has 4 bridgehead atoms. The molecule has 0 radical (unpaired) electrons. The van der Waals surface area contributed by atoms with Gasteiger partial charge in [-0.3, -0.25) is 14.4 Å². The van der Waals surface area contributed by atoms with Crippen molar-refractivity contribution >= 4 is 39.6 Å². The number of hydrogen-bond acceptors (Lipinski definition) is 7. The van der Waals surface area contributed by atoms with E-state index in [4.69, 9.17) is 10.5 Å². The van der Waals surface area contributed by atoms with E-state index in [1.165, 1.54) is 36.0 Å². The quantitative estimate of drug-likeness (QED) is 0.298. The summed E-state index contributed by atoms with van der Waals surface area (Å²) in [5.41, 5.74) is 4.11. The monoisotopic (exact) mass is 567 g/mol. The van der Waals surface area contributed by atoms with Crippen LogP contribution < -0.4 is 20.5 Å². The molecule has 0 saturated heterocycles. The molecule has 4 saturated carbocycles. The second-order valence-electron chi connectivity index (χ2n) is 11.5. The van der Waals surface area contributed by atoms with Gasteiger partial charge in [0, 0.05) is 11.5 Å². The van der Waals surface area contributed by atoms with Gasteiger partial charge in [-0.05, 0) is 106 Å². The second-order valence-corrected chi connectivity index (χ2v) is 14.2. The van der Waals surface area contributed by atoms with Crippen LogP contribution in [0.4, 0.5) is 0 Å². The minimum absolute atomic E-state index is 0.0266. The van der Waals surface area contributed by atoms with Gasteiger partial charge in [-0.15, -0.1) is 0 Å². The number of sulfonamides is 1.